The molecule has 1 aliphatic heterocycles. The molecule has 134 valence electrons. The Bertz CT molecular complexity index is 638. The van der Waals surface area contributed by atoms with Crippen LogP contribution in [0.1, 0.15) is 18.9 Å². The first kappa shape index (κ1) is 18.7. The number of methoxy groups -OCH3 is 1. The second-order valence-corrected chi connectivity index (χ2v) is 7.39. The number of carbonyl (C=O) groups excluding carboxylic acids is 1. The molecule has 1 aliphatic rings. The molecule has 0 atom stereocenters. The highest BCUT2D eigenvalue weighted by atomic mass is 32.2. The highest BCUT2D eigenvalue weighted by Gasteiger charge is 2.27. The van der Waals surface area contributed by atoms with Gasteiger partial charge in [-0.3, -0.25) is 4.79 Å². The van der Waals surface area contributed by atoms with Gasteiger partial charge in [-0.2, -0.15) is 12.7 Å². The van der Waals surface area contributed by atoms with Crippen LogP contribution < -0.4 is 9.46 Å². The predicted molar refractivity (Wildman–Crippen MR) is 92.1 cm³/mol. The van der Waals surface area contributed by atoms with Crippen LogP contribution in [0, 0.1) is 0 Å². The van der Waals surface area contributed by atoms with Crippen molar-refractivity contribution in [3.05, 3.63) is 29.8 Å². The summed E-state index contributed by atoms with van der Waals surface area (Å²) in [6.07, 6.45) is 1.09. The molecular formula is C16H25N3O4S. The van der Waals surface area contributed by atoms with Gasteiger partial charge in [0, 0.05) is 39.1 Å². The summed E-state index contributed by atoms with van der Waals surface area (Å²) in [5, 5.41) is 0. The maximum absolute atomic E-state index is 12.3. The monoisotopic (exact) mass is 355 g/mol. The van der Waals surface area contributed by atoms with Crippen LogP contribution in [0.25, 0.3) is 0 Å². The van der Waals surface area contributed by atoms with E-state index in [0.29, 0.717) is 45.6 Å². The van der Waals surface area contributed by atoms with Crippen molar-refractivity contribution in [1.82, 2.24) is 13.9 Å². The molecule has 0 radical (unpaired) electrons. The third kappa shape index (κ3) is 4.93. The van der Waals surface area contributed by atoms with Crippen molar-refractivity contribution in [2.45, 2.75) is 19.8 Å². The minimum atomic E-state index is -3.41. The zero-order valence-electron chi connectivity index (χ0n) is 14.2. The van der Waals surface area contributed by atoms with E-state index < -0.39 is 10.2 Å². The SMILES string of the molecule is CCNS(=O)(=O)N1CCN(C(=O)CCc2ccc(OC)cc2)CC1. The molecule has 1 amide bonds. The van der Waals surface area contributed by atoms with Gasteiger partial charge in [0.15, 0.2) is 0 Å². The topological polar surface area (TPSA) is 79.0 Å². The molecule has 24 heavy (non-hydrogen) atoms. The number of ether oxygens (including phenoxy) is 1. The average molecular weight is 355 g/mol. The number of carbonyl (C=O) groups is 1. The average Bonchev–Trinajstić information content (AvgIpc) is 2.60. The Morgan fingerprint density at radius 2 is 1.79 bits per heavy atom. The lowest BCUT2D eigenvalue weighted by Gasteiger charge is -2.34. The fourth-order valence-electron chi connectivity index (χ4n) is 2.65. The van der Waals surface area contributed by atoms with Gasteiger partial charge in [-0.1, -0.05) is 19.1 Å². The molecule has 0 bridgehead atoms. The van der Waals surface area contributed by atoms with E-state index in [4.69, 9.17) is 4.74 Å². The summed E-state index contributed by atoms with van der Waals surface area (Å²) in [6, 6.07) is 7.66. The maximum Gasteiger partial charge on any atom is 0.279 e. The Kier molecular flexibility index (Phi) is 6.59. The van der Waals surface area contributed by atoms with E-state index in [2.05, 4.69) is 4.72 Å². The summed E-state index contributed by atoms with van der Waals surface area (Å²) >= 11 is 0. The van der Waals surface area contributed by atoms with Crippen molar-refractivity contribution in [2.75, 3.05) is 39.8 Å². The molecule has 1 fully saturated rings. The van der Waals surface area contributed by atoms with Gasteiger partial charge >= 0.3 is 0 Å². The zero-order valence-corrected chi connectivity index (χ0v) is 15.0. The Morgan fingerprint density at radius 3 is 2.33 bits per heavy atom. The molecule has 0 aliphatic carbocycles. The number of aryl methyl sites for hydroxylation is 1. The van der Waals surface area contributed by atoms with Crippen molar-refractivity contribution in [3.63, 3.8) is 0 Å². The van der Waals surface area contributed by atoms with E-state index in [9.17, 15) is 13.2 Å². The first-order chi connectivity index (χ1) is 11.5. The first-order valence-electron chi connectivity index (χ1n) is 8.11. The molecule has 2 rings (SSSR count). The number of nitrogens with one attached hydrogen (secondary N) is 1. The molecule has 1 aromatic rings. The third-order valence-electron chi connectivity index (χ3n) is 4.04. The van der Waals surface area contributed by atoms with E-state index >= 15 is 0 Å². The molecule has 1 saturated heterocycles. The van der Waals surface area contributed by atoms with Gasteiger partial charge in [-0.15, -0.1) is 0 Å². The van der Waals surface area contributed by atoms with E-state index in [1.165, 1.54) is 4.31 Å². The molecule has 8 heteroatoms. The Labute approximate surface area is 143 Å². The largest absolute Gasteiger partial charge is 0.497 e. The number of amides is 1. The van der Waals surface area contributed by atoms with Crippen molar-refractivity contribution < 1.29 is 17.9 Å². The highest BCUT2D eigenvalue weighted by molar-refractivity contribution is 7.87. The van der Waals surface area contributed by atoms with E-state index in [1.807, 2.05) is 24.3 Å². The number of hydrogen-bond donors (Lipinski definition) is 1. The van der Waals surface area contributed by atoms with E-state index in [-0.39, 0.29) is 5.91 Å². The normalized spacial score (nSPS) is 16.2. The lowest BCUT2D eigenvalue weighted by molar-refractivity contribution is -0.132. The number of rotatable bonds is 7. The van der Waals surface area contributed by atoms with Gasteiger partial charge in [-0.05, 0) is 24.1 Å². The standard InChI is InChI=1S/C16H25N3O4S/c1-3-17-24(21,22)19-12-10-18(11-13-19)16(20)9-6-14-4-7-15(23-2)8-5-14/h4-5,7-8,17H,3,6,9-13H2,1-2H3. The maximum atomic E-state index is 12.3. The Morgan fingerprint density at radius 1 is 1.17 bits per heavy atom. The van der Waals surface area contributed by atoms with Gasteiger partial charge in [0.25, 0.3) is 10.2 Å². The number of hydrogen-bond acceptors (Lipinski definition) is 4. The molecule has 0 saturated carbocycles. The molecule has 0 unspecified atom stereocenters. The predicted octanol–water partition coefficient (Wildman–Crippen LogP) is 0.626. The third-order valence-corrected chi connectivity index (χ3v) is 5.74. The van der Waals surface area contributed by atoms with Crippen LogP contribution in [0.5, 0.6) is 5.75 Å². The molecule has 1 heterocycles. The van der Waals surface area contributed by atoms with Crippen molar-refractivity contribution >= 4 is 16.1 Å². The highest BCUT2D eigenvalue weighted by Crippen LogP contribution is 2.14. The summed E-state index contributed by atoms with van der Waals surface area (Å²) < 4.78 is 32.8. The fraction of sp³-hybridized carbons (Fsp3) is 0.562. The zero-order chi connectivity index (χ0) is 17.6. The van der Waals surface area contributed by atoms with Crippen LogP contribution in [0.3, 0.4) is 0 Å². The van der Waals surface area contributed by atoms with Crippen molar-refractivity contribution in [2.24, 2.45) is 0 Å². The van der Waals surface area contributed by atoms with Gasteiger partial charge < -0.3 is 9.64 Å². The van der Waals surface area contributed by atoms with Gasteiger partial charge in [0.1, 0.15) is 5.75 Å². The smallest absolute Gasteiger partial charge is 0.279 e. The summed E-state index contributed by atoms with van der Waals surface area (Å²) in [7, 11) is -1.79. The molecular weight excluding hydrogens is 330 g/mol. The minimum Gasteiger partial charge on any atom is -0.497 e. The van der Waals surface area contributed by atoms with Gasteiger partial charge in [-0.25, -0.2) is 4.72 Å². The molecule has 0 aromatic heterocycles. The summed E-state index contributed by atoms with van der Waals surface area (Å²) in [5.74, 6) is 0.856. The van der Waals surface area contributed by atoms with Crippen molar-refractivity contribution in [3.8, 4) is 5.75 Å². The van der Waals surface area contributed by atoms with Crippen LogP contribution in [-0.4, -0.2) is 63.4 Å². The Balaban J connectivity index is 1.80. The van der Waals surface area contributed by atoms with Crippen molar-refractivity contribution in [1.29, 1.82) is 0 Å². The summed E-state index contributed by atoms with van der Waals surface area (Å²) in [6.45, 7) is 3.66. The van der Waals surface area contributed by atoms with Gasteiger partial charge in [0.05, 0.1) is 7.11 Å². The number of benzene rings is 1. The number of nitrogens with zero attached hydrogens (tertiary/aromatic N) is 2. The summed E-state index contributed by atoms with van der Waals surface area (Å²) in [5.41, 5.74) is 1.08. The molecule has 7 nitrogen and oxygen atoms in total. The quantitative estimate of drug-likeness (QED) is 0.778. The lowest BCUT2D eigenvalue weighted by atomic mass is 10.1. The molecule has 1 N–H and O–H groups in total. The Hall–Kier alpha value is -1.64. The van der Waals surface area contributed by atoms with E-state index in [1.54, 1.807) is 18.9 Å². The van der Waals surface area contributed by atoms with Gasteiger partial charge in [0.2, 0.25) is 5.91 Å². The van der Waals surface area contributed by atoms with Crippen LogP contribution in [0.15, 0.2) is 24.3 Å². The fourth-order valence-corrected chi connectivity index (χ4v) is 3.84. The number of piperazine rings is 1. The van der Waals surface area contributed by atoms with Crippen LogP contribution in [0.2, 0.25) is 0 Å². The minimum absolute atomic E-state index is 0.0614. The van der Waals surface area contributed by atoms with Crippen LogP contribution in [0.4, 0.5) is 0 Å². The van der Waals surface area contributed by atoms with Crippen LogP contribution in [-0.2, 0) is 21.4 Å². The molecule has 0 spiro atoms. The second kappa shape index (κ2) is 8.46. The van der Waals surface area contributed by atoms with E-state index in [0.717, 1.165) is 11.3 Å². The van der Waals surface area contributed by atoms with Crippen LogP contribution >= 0.6 is 0 Å². The second-order valence-electron chi connectivity index (χ2n) is 5.63. The molecule has 1 aromatic carbocycles. The summed E-state index contributed by atoms with van der Waals surface area (Å²) in [4.78, 5) is 14.0. The first-order valence-corrected chi connectivity index (χ1v) is 9.55. The lowest BCUT2D eigenvalue weighted by Crippen LogP contribution is -2.53.